The van der Waals surface area contributed by atoms with Crippen molar-refractivity contribution in [3.05, 3.63) is 58.3 Å². The quantitative estimate of drug-likeness (QED) is 0.357. The zero-order valence-corrected chi connectivity index (χ0v) is 17.2. The topological polar surface area (TPSA) is 75.5 Å². The van der Waals surface area contributed by atoms with E-state index >= 15 is 0 Å². The monoisotopic (exact) mass is 485 g/mol. The van der Waals surface area contributed by atoms with Crippen molar-refractivity contribution >= 4 is 21.9 Å². The van der Waals surface area contributed by atoms with Gasteiger partial charge in [-0.3, -0.25) is 0 Å². The fraction of sp³-hybridized carbons (Fsp3) is 0.211. The standard InChI is InChI=1S/C19H15BrF3N3O4/c1-28-6-7-29-17(27)10-30-19-24-18(13-4-3-12(21)9-14(13)22)26(25-19)16-5-2-11(20)8-15(16)23/h2-5,8-9H,6-7,10H2,1H3. The fourth-order valence-electron chi connectivity index (χ4n) is 2.42. The molecule has 0 atom stereocenters. The Hall–Kier alpha value is -2.92. The number of aromatic nitrogens is 3. The van der Waals surface area contributed by atoms with Crippen LogP contribution in [0.2, 0.25) is 0 Å². The van der Waals surface area contributed by atoms with Crippen LogP contribution in [0.4, 0.5) is 13.2 Å². The molecule has 0 saturated carbocycles. The van der Waals surface area contributed by atoms with Crippen LogP contribution in [0.15, 0.2) is 40.9 Å². The normalized spacial score (nSPS) is 10.8. The minimum Gasteiger partial charge on any atom is -0.461 e. The zero-order chi connectivity index (χ0) is 21.7. The molecule has 0 aliphatic carbocycles. The van der Waals surface area contributed by atoms with E-state index < -0.39 is 30.0 Å². The summed E-state index contributed by atoms with van der Waals surface area (Å²) in [4.78, 5) is 15.7. The Morgan fingerprint density at radius 1 is 1.10 bits per heavy atom. The summed E-state index contributed by atoms with van der Waals surface area (Å²) in [6.45, 7) is -0.270. The summed E-state index contributed by atoms with van der Waals surface area (Å²) in [7, 11) is 1.46. The van der Waals surface area contributed by atoms with Gasteiger partial charge in [-0.25, -0.2) is 22.6 Å². The second-order valence-electron chi connectivity index (χ2n) is 5.85. The number of rotatable bonds is 8. The maximum absolute atomic E-state index is 14.5. The molecule has 3 aromatic rings. The zero-order valence-electron chi connectivity index (χ0n) is 15.6. The number of carbonyl (C=O) groups is 1. The number of hydrogen-bond donors (Lipinski definition) is 0. The van der Waals surface area contributed by atoms with Crippen LogP contribution in [0.25, 0.3) is 17.1 Å². The molecule has 0 unspecified atom stereocenters. The number of halogens is 4. The Morgan fingerprint density at radius 2 is 1.90 bits per heavy atom. The molecule has 0 saturated heterocycles. The second kappa shape index (κ2) is 9.72. The Bertz CT molecular complexity index is 992. The highest BCUT2D eigenvalue weighted by Gasteiger charge is 2.21. The first-order valence-electron chi connectivity index (χ1n) is 8.54. The minimum absolute atomic E-state index is 0.0384. The fourth-order valence-corrected chi connectivity index (χ4v) is 2.76. The molecule has 0 bridgehead atoms. The Labute approximate surface area is 177 Å². The predicted octanol–water partition coefficient (Wildman–Crippen LogP) is 3.68. The number of methoxy groups -OCH3 is 1. The van der Waals surface area contributed by atoms with E-state index in [9.17, 15) is 18.0 Å². The molecule has 0 N–H and O–H groups in total. The SMILES string of the molecule is COCCOC(=O)COc1nc(-c2ccc(F)cc2F)n(-c2ccc(Br)cc2F)n1. The molecule has 30 heavy (non-hydrogen) atoms. The molecule has 158 valence electrons. The molecule has 0 amide bonds. The van der Waals surface area contributed by atoms with Crippen LogP contribution in [0.1, 0.15) is 0 Å². The van der Waals surface area contributed by atoms with Gasteiger partial charge in [0.1, 0.15) is 29.7 Å². The lowest BCUT2D eigenvalue weighted by Gasteiger charge is -2.08. The van der Waals surface area contributed by atoms with Crippen LogP contribution in [-0.2, 0) is 14.3 Å². The number of benzene rings is 2. The van der Waals surface area contributed by atoms with Crippen molar-refractivity contribution in [2.45, 2.75) is 0 Å². The van der Waals surface area contributed by atoms with Gasteiger partial charge in [-0.05, 0) is 30.3 Å². The number of esters is 1. The van der Waals surface area contributed by atoms with E-state index in [1.54, 1.807) is 6.07 Å². The number of carbonyl (C=O) groups excluding carboxylic acids is 1. The van der Waals surface area contributed by atoms with E-state index in [0.29, 0.717) is 10.5 Å². The molecule has 0 aliphatic rings. The maximum Gasteiger partial charge on any atom is 0.344 e. The first kappa shape index (κ1) is 21.8. The summed E-state index contributed by atoms with van der Waals surface area (Å²) in [5.41, 5.74) is -0.189. The number of ether oxygens (including phenoxy) is 3. The van der Waals surface area contributed by atoms with E-state index in [1.807, 2.05) is 0 Å². The van der Waals surface area contributed by atoms with E-state index in [0.717, 1.165) is 16.8 Å². The molecule has 1 aromatic heterocycles. The maximum atomic E-state index is 14.5. The third kappa shape index (κ3) is 5.16. The summed E-state index contributed by atoms with van der Waals surface area (Å²) in [6, 6.07) is 6.66. The van der Waals surface area contributed by atoms with Crippen LogP contribution in [0, 0.1) is 17.5 Å². The summed E-state index contributed by atoms with van der Waals surface area (Å²) in [5, 5.41) is 4.01. The van der Waals surface area contributed by atoms with Gasteiger partial charge in [0.2, 0.25) is 0 Å². The third-order valence-electron chi connectivity index (χ3n) is 3.77. The molecule has 11 heteroatoms. The van der Waals surface area contributed by atoms with Gasteiger partial charge in [-0.2, -0.15) is 4.98 Å². The molecule has 1 heterocycles. The molecule has 0 fully saturated rings. The van der Waals surface area contributed by atoms with Gasteiger partial charge < -0.3 is 14.2 Å². The van der Waals surface area contributed by atoms with Crippen molar-refractivity contribution < 1.29 is 32.2 Å². The average molecular weight is 486 g/mol. The highest BCUT2D eigenvalue weighted by molar-refractivity contribution is 9.10. The lowest BCUT2D eigenvalue weighted by atomic mass is 10.2. The third-order valence-corrected chi connectivity index (χ3v) is 4.26. The van der Waals surface area contributed by atoms with Crippen LogP contribution in [0.3, 0.4) is 0 Å². The van der Waals surface area contributed by atoms with Crippen molar-refractivity contribution in [2.24, 2.45) is 0 Å². The van der Waals surface area contributed by atoms with Crippen molar-refractivity contribution in [1.82, 2.24) is 14.8 Å². The van der Waals surface area contributed by atoms with Gasteiger partial charge >= 0.3 is 12.0 Å². The Balaban J connectivity index is 1.94. The van der Waals surface area contributed by atoms with E-state index in [4.69, 9.17) is 14.2 Å². The molecule has 0 aliphatic heterocycles. The van der Waals surface area contributed by atoms with E-state index in [-0.39, 0.29) is 36.3 Å². The van der Waals surface area contributed by atoms with Crippen molar-refractivity contribution in [2.75, 3.05) is 26.9 Å². The molecular formula is C19H15BrF3N3O4. The van der Waals surface area contributed by atoms with Crippen LogP contribution >= 0.6 is 15.9 Å². The van der Waals surface area contributed by atoms with Crippen LogP contribution in [-0.4, -0.2) is 47.7 Å². The first-order chi connectivity index (χ1) is 14.4. The van der Waals surface area contributed by atoms with Crippen molar-refractivity contribution in [1.29, 1.82) is 0 Å². The molecule has 0 spiro atoms. The van der Waals surface area contributed by atoms with Gasteiger partial charge in [0.15, 0.2) is 12.4 Å². The number of hydrogen-bond acceptors (Lipinski definition) is 6. The summed E-state index contributed by atoms with van der Waals surface area (Å²) in [6.07, 6.45) is 0. The molecule has 3 rings (SSSR count). The van der Waals surface area contributed by atoms with Crippen molar-refractivity contribution in [3.63, 3.8) is 0 Å². The van der Waals surface area contributed by atoms with Gasteiger partial charge in [0.05, 0.1) is 12.2 Å². The summed E-state index contributed by atoms with van der Waals surface area (Å²) in [5.74, 6) is -3.23. The lowest BCUT2D eigenvalue weighted by molar-refractivity contribution is -0.147. The van der Waals surface area contributed by atoms with Crippen LogP contribution in [0.5, 0.6) is 6.01 Å². The van der Waals surface area contributed by atoms with Gasteiger partial charge in [-0.1, -0.05) is 15.9 Å². The molecule has 7 nitrogen and oxygen atoms in total. The first-order valence-corrected chi connectivity index (χ1v) is 9.33. The summed E-state index contributed by atoms with van der Waals surface area (Å²) < 4.78 is 58.5. The Morgan fingerprint density at radius 3 is 2.60 bits per heavy atom. The molecule has 0 radical (unpaired) electrons. The highest BCUT2D eigenvalue weighted by Crippen LogP contribution is 2.28. The number of nitrogens with zero attached hydrogens (tertiary/aromatic N) is 3. The Kier molecular flexibility index (Phi) is 7.06. The van der Waals surface area contributed by atoms with Crippen LogP contribution < -0.4 is 4.74 Å². The second-order valence-corrected chi connectivity index (χ2v) is 6.77. The predicted molar refractivity (Wildman–Crippen MR) is 103 cm³/mol. The molecular weight excluding hydrogens is 471 g/mol. The smallest absolute Gasteiger partial charge is 0.344 e. The van der Waals surface area contributed by atoms with E-state index in [1.165, 1.54) is 19.2 Å². The van der Waals surface area contributed by atoms with Gasteiger partial charge in [0, 0.05) is 17.6 Å². The van der Waals surface area contributed by atoms with Gasteiger partial charge in [-0.15, -0.1) is 5.10 Å². The van der Waals surface area contributed by atoms with Crippen molar-refractivity contribution in [3.8, 4) is 23.1 Å². The average Bonchev–Trinajstić information content (AvgIpc) is 3.10. The highest BCUT2D eigenvalue weighted by atomic mass is 79.9. The summed E-state index contributed by atoms with van der Waals surface area (Å²) >= 11 is 3.15. The minimum atomic E-state index is -0.924. The van der Waals surface area contributed by atoms with Gasteiger partial charge in [0.25, 0.3) is 0 Å². The van der Waals surface area contributed by atoms with E-state index in [2.05, 4.69) is 26.0 Å². The lowest BCUT2D eigenvalue weighted by Crippen LogP contribution is -2.17. The largest absolute Gasteiger partial charge is 0.461 e. The molecule has 2 aromatic carbocycles.